The van der Waals surface area contributed by atoms with Gasteiger partial charge in [0.25, 0.3) is 0 Å². The molecule has 1 unspecified atom stereocenters. The molecule has 0 aliphatic carbocycles. The smallest absolute Gasteiger partial charge is 0.306 e. The Balaban J connectivity index is 3.67. The van der Waals surface area contributed by atoms with E-state index in [0.29, 0.717) is 12.8 Å². The number of carbonyl (C=O) groups is 2. The van der Waals surface area contributed by atoms with E-state index in [2.05, 4.69) is 245 Å². The third-order valence-electron chi connectivity index (χ3n) is 13.5. The van der Waals surface area contributed by atoms with E-state index in [4.69, 9.17) is 9.47 Å². The quantitative estimate of drug-likeness (QED) is 0.0373. The Morgan fingerprint density at radius 2 is 0.465 bits per heavy atom. The molecule has 0 heterocycles. The minimum Gasteiger partial charge on any atom is -0.462 e. The average Bonchev–Trinajstić information content (AvgIpc) is 3.55. The number of esters is 2. The molecule has 0 aliphatic rings. The molecule has 1 atom stereocenters. The van der Waals surface area contributed by atoms with Gasteiger partial charge in [-0.05, 0) is 161 Å². The van der Waals surface area contributed by atoms with E-state index in [-0.39, 0.29) is 25.2 Å². The first-order valence-electron chi connectivity index (χ1n) is 33.9. The van der Waals surface area contributed by atoms with Gasteiger partial charge in [0.15, 0.2) is 6.10 Å². The molecule has 0 bridgehead atoms. The van der Waals surface area contributed by atoms with Crippen LogP contribution in [0.3, 0.4) is 0 Å². The summed E-state index contributed by atoms with van der Waals surface area (Å²) in [4.78, 5) is 24.6. The van der Waals surface area contributed by atoms with Gasteiger partial charge in [-0.25, -0.2) is 0 Å². The van der Waals surface area contributed by atoms with Crippen molar-refractivity contribution in [3.63, 3.8) is 0 Å². The lowest BCUT2D eigenvalue weighted by atomic mass is 10.1. The van der Waals surface area contributed by atoms with Gasteiger partial charge in [0.05, 0.1) is 6.61 Å². The minimum atomic E-state index is -0.809. The Kier molecular flexibility index (Phi) is 68.1. The van der Waals surface area contributed by atoms with E-state index in [9.17, 15) is 14.7 Å². The van der Waals surface area contributed by atoms with Crippen molar-refractivity contribution >= 4 is 11.9 Å². The maximum Gasteiger partial charge on any atom is 0.306 e. The fraction of sp³-hybridized carbons (Fsp3) is 0.506. The lowest BCUT2D eigenvalue weighted by Crippen LogP contribution is -2.28. The molecule has 1 N–H and O–H groups in total. The Hall–Kier alpha value is -6.04. The van der Waals surface area contributed by atoms with Crippen LogP contribution in [0.4, 0.5) is 0 Å². The molecule has 0 rings (SSSR count). The highest BCUT2D eigenvalue weighted by atomic mass is 16.6. The zero-order chi connectivity index (χ0) is 61.9. The Morgan fingerprint density at radius 3 is 0.698 bits per heavy atom. The van der Waals surface area contributed by atoms with E-state index in [1.807, 2.05) is 0 Å². The van der Waals surface area contributed by atoms with E-state index in [0.717, 1.165) is 180 Å². The minimum absolute atomic E-state index is 0.0955. The molecule has 0 amide bonds. The van der Waals surface area contributed by atoms with Crippen LogP contribution in [-0.4, -0.2) is 36.4 Å². The summed E-state index contributed by atoms with van der Waals surface area (Å²) in [6.45, 7) is 3.87. The van der Waals surface area contributed by atoms with Crippen LogP contribution in [0.5, 0.6) is 0 Å². The van der Waals surface area contributed by atoms with Crippen LogP contribution >= 0.6 is 0 Å². The number of unbranched alkanes of at least 4 members (excludes halogenated alkanes) is 13. The van der Waals surface area contributed by atoms with Crippen molar-refractivity contribution in [2.45, 2.75) is 251 Å². The number of hydrogen-bond acceptors (Lipinski definition) is 5. The molecule has 0 spiro atoms. The number of aliphatic hydroxyl groups excluding tert-OH is 1. The van der Waals surface area contributed by atoms with Gasteiger partial charge in [-0.15, -0.1) is 0 Å². The molecule has 0 aromatic rings. The van der Waals surface area contributed by atoms with Crippen molar-refractivity contribution in [2.24, 2.45) is 0 Å². The summed E-state index contributed by atoms with van der Waals surface area (Å²) in [5.74, 6) is -0.644. The fourth-order valence-corrected chi connectivity index (χ4v) is 8.46. The predicted octanol–water partition coefficient (Wildman–Crippen LogP) is 24.1. The van der Waals surface area contributed by atoms with Crippen LogP contribution in [0.1, 0.15) is 245 Å². The normalized spacial score (nSPS) is 13.8. The van der Waals surface area contributed by atoms with Crippen molar-refractivity contribution in [2.75, 3.05) is 13.2 Å². The summed E-state index contributed by atoms with van der Waals surface area (Å²) in [5.41, 5.74) is 0. The van der Waals surface area contributed by atoms with Crippen molar-refractivity contribution < 1.29 is 24.2 Å². The topological polar surface area (TPSA) is 72.8 Å². The van der Waals surface area contributed by atoms with Crippen molar-refractivity contribution in [1.29, 1.82) is 0 Å². The summed E-state index contributed by atoms with van der Waals surface area (Å²) < 4.78 is 10.7. The number of hydrogen-bond donors (Lipinski definition) is 1. The van der Waals surface area contributed by atoms with E-state index in [1.54, 1.807) is 0 Å². The third kappa shape index (κ3) is 70.4. The van der Waals surface area contributed by atoms with Crippen molar-refractivity contribution in [3.8, 4) is 0 Å². The molecule has 0 fully saturated rings. The highest BCUT2D eigenvalue weighted by molar-refractivity contribution is 5.70. The summed E-state index contributed by atoms with van der Waals surface area (Å²) >= 11 is 0. The Bertz CT molecular complexity index is 2110. The SMILES string of the molecule is CC/C=C\C/C=C\C/C=C\C/C=C\C/C=C\C/C=C\C/C=C\C/C=C\C/C=C\C/C=C\CCCCCCC(=O)OC(CO)COC(=O)CCCCCCCCCCC/C=C\C/C=C\C/C=C\C/C=C\C/C=C\C/C=C\C/C=C\C/C=C\C/C=C\CC. The van der Waals surface area contributed by atoms with Gasteiger partial charge in [0, 0.05) is 12.8 Å². The second-order valence-electron chi connectivity index (χ2n) is 21.4. The molecule has 5 heteroatoms. The molecule has 0 aliphatic heterocycles. The van der Waals surface area contributed by atoms with Gasteiger partial charge >= 0.3 is 11.9 Å². The summed E-state index contributed by atoms with van der Waals surface area (Å²) in [6, 6.07) is 0. The molecule has 0 aromatic heterocycles. The lowest BCUT2D eigenvalue weighted by Gasteiger charge is -2.15. The number of allylic oxidation sites excluding steroid dienone is 38. The third-order valence-corrected chi connectivity index (χ3v) is 13.5. The second-order valence-corrected chi connectivity index (χ2v) is 21.4. The molecule has 86 heavy (non-hydrogen) atoms. The molecule has 5 nitrogen and oxygen atoms in total. The predicted molar refractivity (Wildman–Crippen MR) is 379 cm³/mol. The number of carbonyl (C=O) groups excluding carboxylic acids is 2. The average molecular weight is 1180 g/mol. The molecular weight excluding hydrogens is 1050 g/mol. The van der Waals surface area contributed by atoms with E-state index < -0.39 is 6.10 Å². The van der Waals surface area contributed by atoms with E-state index in [1.165, 1.54) is 38.5 Å². The lowest BCUT2D eigenvalue weighted by molar-refractivity contribution is -0.161. The van der Waals surface area contributed by atoms with Crippen LogP contribution in [-0.2, 0) is 19.1 Å². The van der Waals surface area contributed by atoms with Crippen LogP contribution in [0.2, 0.25) is 0 Å². The zero-order valence-corrected chi connectivity index (χ0v) is 54.5. The first-order chi connectivity index (χ1) is 42.6. The van der Waals surface area contributed by atoms with Gasteiger partial charge in [-0.2, -0.15) is 0 Å². The Labute approximate surface area is 528 Å². The van der Waals surface area contributed by atoms with Gasteiger partial charge in [0.1, 0.15) is 6.61 Å². The standard InChI is InChI=1S/C81H122O5/c1-3-5-7-9-11-13-15-17-19-21-23-25-27-29-31-33-35-37-39-40-42-43-45-47-49-51-53-55-57-59-61-63-65-67-69-71-73-75-80(83)85-78-79(77-82)86-81(84)76-74-72-70-68-66-64-62-60-58-56-54-52-50-48-46-44-41-38-36-34-32-30-28-26-24-22-20-18-16-14-12-10-8-6-4-2/h5-8,11-14,17-20,23-26,29-32,35-38,40,42,44-47,50-53,56,58,62,64,79,82H,3-4,9-10,15-16,21-22,27-28,33-34,39,41,43,48-49,54-55,57,59-61,63,65-78H2,1-2H3/b7-5-,8-6-,13-11-,14-12-,19-17-,20-18-,25-23-,26-24-,31-29-,32-30-,37-35-,38-36-,42-40-,46-44-,47-45-,52-50-,53-51-,58-56-,64-62-. The van der Waals surface area contributed by atoms with Crippen molar-refractivity contribution in [1.82, 2.24) is 0 Å². The maximum absolute atomic E-state index is 12.4. The second kappa shape index (κ2) is 73.2. The monoisotopic (exact) mass is 1170 g/mol. The molecular formula is C81H122O5. The molecule has 476 valence electrons. The maximum atomic E-state index is 12.4. The first-order valence-corrected chi connectivity index (χ1v) is 33.9. The summed E-state index contributed by atoms with van der Waals surface area (Å²) in [6.07, 6.45) is 120. The van der Waals surface area contributed by atoms with E-state index >= 15 is 0 Å². The largest absolute Gasteiger partial charge is 0.462 e. The number of ether oxygens (including phenoxy) is 2. The molecule has 0 saturated carbocycles. The Morgan fingerprint density at radius 1 is 0.267 bits per heavy atom. The van der Waals surface area contributed by atoms with Gasteiger partial charge in [-0.3, -0.25) is 9.59 Å². The number of rotatable bonds is 59. The number of aliphatic hydroxyl groups is 1. The summed E-state index contributed by atoms with van der Waals surface area (Å²) in [5, 5.41) is 9.69. The molecule has 0 radical (unpaired) electrons. The molecule has 0 saturated heterocycles. The van der Waals surface area contributed by atoms with Gasteiger partial charge in [-0.1, -0.05) is 303 Å². The van der Waals surface area contributed by atoms with Crippen LogP contribution in [0.15, 0.2) is 231 Å². The van der Waals surface area contributed by atoms with Crippen LogP contribution in [0, 0.1) is 0 Å². The first kappa shape index (κ1) is 80.0. The zero-order valence-electron chi connectivity index (χ0n) is 54.5. The highest BCUT2D eigenvalue weighted by Gasteiger charge is 2.16. The summed E-state index contributed by atoms with van der Waals surface area (Å²) in [7, 11) is 0. The van der Waals surface area contributed by atoms with Gasteiger partial charge < -0.3 is 14.6 Å². The van der Waals surface area contributed by atoms with Crippen LogP contribution in [0.25, 0.3) is 0 Å². The highest BCUT2D eigenvalue weighted by Crippen LogP contribution is 2.13. The van der Waals surface area contributed by atoms with Crippen LogP contribution < -0.4 is 0 Å². The van der Waals surface area contributed by atoms with Crippen molar-refractivity contribution in [3.05, 3.63) is 231 Å². The fourth-order valence-electron chi connectivity index (χ4n) is 8.46. The van der Waals surface area contributed by atoms with Gasteiger partial charge in [0.2, 0.25) is 0 Å². The molecule has 0 aromatic carbocycles.